The minimum atomic E-state index is 0.487. The molecule has 0 bridgehead atoms. The summed E-state index contributed by atoms with van der Waals surface area (Å²) in [6.07, 6.45) is 7.34. The molecule has 3 aromatic rings. The predicted molar refractivity (Wildman–Crippen MR) is 122 cm³/mol. The second-order valence-electron chi connectivity index (χ2n) is 6.81. The van der Waals surface area contributed by atoms with Crippen LogP contribution in [-0.4, -0.2) is 28.7 Å². The molecule has 2 N–H and O–H groups in total. The van der Waals surface area contributed by atoms with Gasteiger partial charge in [-0.1, -0.05) is 55.1 Å². The van der Waals surface area contributed by atoms with Gasteiger partial charge in [-0.2, -0.15) is 0 Å². The van der Waals surface area contributed by atoms with Crippen molar-refractivity contribution in [2.45, 2.75) is 26.6 Å². The third-order valence-electron chi connectivity index (χ3n) is 4.46. The van der Waals surface area contributed by atoms with Crippen molar-refractivity contribution < 1.29 is 4.74 Å². The summed E-state index contributed by atoms with van der Waals surface area (Å²) in [4.78, 5) is 8.85. The summed E-state index contributed by atoms with van der Waals surface area (Å²) in [6.45, 7) is 9.08. The van der Waals surface area contributed by atoms with Gasteiger partial charge in [-0.15, -0.1) is 0 Å². The van der Waals surface area contributed by atoms with Crippen LogP contribution < -0.4 is 15.4 Å². The fourth-order valence-corrected chi connectivity index (χ4v) is 3.05. The molecule has 0 saturated carbocycles. The zero-order chi connectivity index (χ0) is 21.0. The molecule has 0 aliphatic heterocycles. The van der Waals surface area contributed by atoms with Gasteiger partial charge in [0.05, 0.1) is 12.9 Å². The van der Waals surface area contributed by atoms with Crippen LogP contribution in [0.5, 0.6) is 5.75 Å². The Bertz CT molecular complexity index is 950. The highest BCUT2D eigenvalue weighted by atomic mass is 16.5. The lowest BCUT2D eigenvalue weighted by atomic mass is 10.1. The van der Waals surface area contributed by atoms with Crippen molar-refractivity contribution in [3.63, 3.8) is 0 Å². The van der Waals surface area contributed by atoms with E-state index in [4.69, 9.17) is 9.73 Å². The van der Waals surface area contributed by atoms with Crippen LogP contribution >= 0.6 is 0 Å². The van der Waals surface area contributed by atoms with Gasteiger partial charge in [-0.25, -0.2) is 9.98 Å². The molecular weight excluding hydrogens is 374 g/mol. The van der Waals surface area contributed by atoms with Gasteiger partial charge >= 0.3 is 0 Å². The Balaban J connectivity index is 1.63. The van der Waals surface area contributed by atoms with E-state index in [-0.39, 0.29) is 0 Å². The largest absolute Gasteiger partial charge is 0.489 e. The first kappa shape index (κ1) is 21.2. The maximum Gasteiger partial charge on any atom is 0.191 e. The van der Waals surface area contributed by atoms with Crippen LogP contribution in [0.15, 0.2) is 84.9 Å². The Morgan fingerprint density at radius 2 is 2.03 bits per heavy atom. The summed E-state index contributed by atoms with van der Waals surface area (Å²) in [5.41, 5.74) is 3.47. The van der Waals surface area contributed by atoms with Crippen molar-refractivity contribution in [1.82, 2.24) is 20.2 Å². The number of para-hydroxylation sites is 1. The first-order valence-corrected chi connectivity index (χ1v) is 10.2. The van der Waals surface area contributed by atoms with Crippen LogP contribution in [0.2, 0.25) is 0 Å². The highest BCUT2D eigenvalue weighted by molar-refractivity contribution is 5.79. The number of guanidine groups is 1. The molecule has 6 heteroatoms. The van der Waals surface area contributed by atoms with E-state index in [9.17, 15) is 0 Å². The maximum absolute atomic E-state index is 5.74. The van der Waals surface area contributed by atoms with Crippen molar-refractivity contribution in [1.29, 1.82) is 0 Å². The number of hydrogen-bond acceptors (Lipinski definition) is 3. The molecule has 3 rings (SSSR count). The molecule has 0 aliphatic carbocycles. The summed E-state index contributed by atoms with van der Waals surface area (Å²) in [6, 6.07) is 16.5. The van der Waals surface area contributed by atoms with E-state index in [0.29, 0.717) is 19.7 Å². The molecule has 0 saturated heterocycles. The van der Waals surface area contributed by atoms with Gasteiger partial charge in [0.2, 0.25) is 0 Å². The first-order valence-electron chi connectivity index (χ1n) is 10.2. The first-order chi connectivity index (χ1) is 14.8. The summed E-state index contributed by atoms with van der Waals surface area (Å²) < 4.78 is 7.79. The van der Waals surface area contributed by atoms with E-state index in [1.54, 1.807) is 12.3 Å². The third-order valence-corrected chi connectivity index (χ3v) is 4.46. The lowest BCUT2D eigenvalue weighted by Gasteiger charge is -2.14. The fourth-order valence-electron chi connectivity index (χ4n) is 3.05. The van der Waals surface area contributed by atoms with Gasteiger partial charge in [-0.3, -0.25) is 0 Å². The van der Waals surface area contributed by atoms with Crippen molar-refractivity contribution in [3.05, 3.63) is 96.6 Å². The Morgan fingerprint density at radius 3 is 2.83 bits per heavy atom. The van der Waals surface area contributed by atoms with E-state index in [0.717, 1.165) is 30.4 Å². The molecule has 0 spiro atoms. The van der Waals surface area contributed by atoms with Gasteiger partial charge in [-0.05, 0) is 24.1 Å². The van der Waals surface area contributed by atoms with Gasteiger partial charge in [0.15, 0.2) is 5.96 Å². The van der Waals surface area contributed by atoms with Crippen LogP contribution in [0.3, 0.4) is 0 Å². The van der Waals surface area contributed by atoms with Crippen molar-refractivity contribution in [2.75, 3.05) is 13.2 Å². The van der Waals surface area contributed by atoms with E-state index in [1.165, 1.54) is 11.1 Å². The highest BCUT2D eigenvalue weighted by Gasteiger charge is 2.05. The van der Waals surface area contributed by atoms with E-state index < -0.39 is 0 Å². The van der Waals surface area contributed by atoms with Gasteiger partial charge < -0.3 is 19.9 Å². The standard InChI is InChI=1S/C24H29N5O/c1-3-14-30-23-11-6-5-10-22(23)17-28-24(26-4-2)27-16-20-8-7-9-21(15-20)18-29-13-12-25-19-29/h3,5-13,15,19H,1,4,14,16-18H2,2H3,(H2,26,27,28). The average Bonchev–Trinajstić information content (AvgIpc) is 3.28. The molecule has 0 aliphatic rings. The zero-order valence-corrected chi connectivity index (χ0v) is 17.4. The number of benzene rings is 2. The molecule has 30 heavy (non-hydrogen) atoms. The minimum Gasteiger partial charge on any atom is -0.489 e. The molecule has 2 aromatic carbocycles. The quantitative estimate of drug-likeness (QED) is 0.307. The monoisotopic (exact) mass is 403 g/mol. The average molecular weight is 404 g/mol. The molecule has 0 amide bonds. The summed E-state index contributed by atoms with van der Waals surface area (Å²) in [5.74, 6) is 1.63. The van der Waals surface area contributed by atoms with E-state index in [1.807, 2.05) is 30.7 Å². The maximum atomic E-state index is 5.74. The van der Waals surface area contributed by atoms with E-state index in [2.05, 4.69) is 64.0 Å². The molecule has 0 radical (unpaired) electrons. The number of aliphatic imine (C=N–C) groups is 1. The van der Waals surface area contributed by atoms with Crippen LogP contribution in [-0.2, 0) is 19.6 Å². The van der Waals surface area contributed by atoms with Crippen LogP contribution in [0, 0.1) is 0 Å². The summed E-state index contributed by atoms with van der Waals surface area (Å²) >= 11 is 0. The lowest BCUT2D eigenvalue weighted by molar-refractivity contribution is 0.358. The lowest BCUT2D eigenvalue weighted by Crippen LogP contribution is -2.36. The summed E-state index contributed by atoms with van der Waals surface area (Å²) in [5, 5.41) is 6.70. The van der Waals surface area contributed by atoms with Gasteiger partial charge in [0, 0.05) is 37.6 Å². The Kier molecular flexibility index (Phi) is 8.09. The number of hydrogen-bond donors (Lipinski definition) is 2. The number of rotatable bonds is 10. The fraction of sp³-hybridized carbons (Fsp3) is 0.250. The van der Waals surface area contributed by atoms with Crippen molar-refractivity contribution >= 4 is 5.96 Å². The van der Waals surface area contributed by atoms with Crippen LogP contribution in [0.1, 0.15) is 23.6 Å². The number of ether oxygens (including phenoxy) is 1. The predicted octanol–water partition coefficient (Wildman–Crippen LogP) is 3.75. The van der Waals surface area contributed by atoms with Crippen molar-refractivity contribution in [2.24, 2.45) is 4.99 Å². The molecular formula is C24H29N5O. The molecule has 0 atom stereocenters. The second-order valence-corrected chi connectivity index (χ2v) is 6.81. The molecule has 0 fully saturated rings. The second kappa shape index (κ2) is 11.5. The van der Waals surface area contributed by atoms with Crippen molar-refractivity contribution in [3.8, 4) is 5.75 Å². The minimum absolute atomic E-state index is 0.487. The highest BCUT2D eigenvalue weighted by Crippen LogP contribution is 2.17. The SMILES string of the molecule is C=CCOc1ccccc1CNC(=NCc1cccc(Cn2ccnc2)c1)NCC. The Labute approximate surface area is 178 Å². The number of aromatic nitrogens is 2. The smallest absolute Gasteiger partial charge is 0.191 e. The van der Waals surface area contributed by atoms with Gasteiger partial charge in [0.1, 0.15) is 12.4 Å². The topological polar surface area (TPSA) is 63.5 Å². The molecule has 1 heterocycles. The molecule has 0 unspecified atom stereocenters. The molecule has 6 nitrogen and oxygen atoms in total. The molecule has 156 valence electrons. The molecule has 1 aromatic heterocycles. The number of imidazole rings is 1. The van der Waals surface area contributed by atoms with Crippen LogP contribution in [0.25, 0.3) is 0 Å². The normalized spacial score (nSPS) is 11.2. The van der Waals surface area contributed by atoms with E-state index >= 15 is 0 Å². The zero-order valence-electron chi connectivity index (χ0n) is 17.4. The number of nitrogens with zero attached hydrogens (tertiary/aromatic N) is 3. The summed E-state index contributed by atoms with van der Waals surface area (Å²) in [7, 11) is 0. The number of nitrogens with one attached hydrogen (secondary N) is 2. The van der Waals surface area contributed by atoms with Gasteiger partial charge in [0.25, 0.3) is 0 Å². The van der Waals surface area contributed by atoms with Crippen LogP contribution in [0.4, 0.5) is 0 Å². The Morgan fingerprint density at radius 1 is 1.17 bits per heavy atom. The third kappa shape index (κ3) is 6.51. The Hall–Kier alpha value is -3.54.